The molecule has 1 aromatic carbocycles. The first kappa shape index (κ1) is 17.8. The summed E-state index contributed by atoms with van der Waals surface area (Å²) in [6.07, 6.45) is 1.31. The maximum atomic E-state index is 12.3. The van der Waals surface area contributed by atoms with Gasteiger partial charge in [0.05, 0.1) is 6.10 Å². The SMILES string of the molecule is C#Cc1cn([C@H]2C[C@H](O)[C@@H](C(O)C(=O)c3ccccc3)O2)c(=O)[nH]c1=O. The first-order chi connectivity index (χ1) is 12.4. The van der Waals surface area contributed by atoms with Gasteiger partial charge in [0.2, 0.25) is 0 Å². The molecule has 1 aromatic heterocycles. The number of rotatable bonds is 4. The Balaban J connectivity index is 1.84. The molecule has 0 spiro atoms. The van der Waals surface area contributed by atoms with Crippen LogP contribution < -0.4 is 11.2 Å². The van der Waals surface area contributed by atoms with Gasteiger partial charge in [0.1, 0.15) is 24.0 Å². The number of terminal acetylenes is 1. The molecule has 2 heterocycles. The molecule has 3 rings (SSSR count). The number of hydrogen-bond donors (Lipinski definition) is 3. The van der Waals surface area contributed by atoms with Crippen molar-refractivity contribution in [3.8, 4) is 12.3 Å². The number of aliphatic hydroxyl groups is 2. The molecule has 8 heteroatoms. The molecule has 2 aromatic rings. The van der Waals surface area contributed by atoms with Crippen LogP contribution in [0.1, 0.15) is 28.6 Å². The van der Waals surface area contributed by atoms with E-state index in [4.69, 9.17) is 11.2 Å². The van der Waals surface area contributed by atoms with E-state index in [2.05, 4.69) is 10.9 Å². The molecule has 1 aliphatic rings. The largest absolute Gasteiger partial charge is 0.390 e. The van der Waals surface area contributed by atoms with Crippen LogP contribution in [0.2, 0.25) is 0 Å². The molecule has 8 nitrogen and oxygen atoms in total. The summed E-state index contributed by atoms with van der Waals surface area (Å²) in [5.74, 6) is 1.54. The van der Waals surface area contributed by atoms with Gasteiger partial charge in [0.15, 0.2) is 5.78 Å². The lowest BCUT2D eigenvalue weighted by atomic mass is 9.99. The fourth-order valence-corrected chi connectivity index (χ4v) is 2.86. The predicted octanol–water partition coefficient (Wildman–Crippen LogP) is -0.590. The highest BCUT2D eigenvalue weighted by Crippen LogP contribution is 2.30. The van der Waals surface area contributed by atoms with Gasteiger partial charge in [-0.05, 0) is 0 Å². The summed E-state index contributed by atoms with van der Waals surface area (Å²) in [5, 5.41) is 20.5. The molecule has 26 heavy (non-hydrogen) atoms. The molecule has 3 N–H and O–H groups in total. The van der Waals surface area contributed by atoms with Crippen LogP contribution >= 0.6 is 0 Å². The Kier molecular flexibility index (Phi) is 4.86. The highest BCUT2D eigenvalue weighted by atomic mass is 16.5. The van der Waals surface area contributed by atoms with Crippen LogP contribution in [-0.4, -0.2) is 43.9 Å². The summed E-state index contributed by atoms with van der Waals surface area (Å²) in [5.41, 5.74) is -1.28. The van der Waals surface area contributed by atoms with Crippen molar-refractivity contribution >= 4 is 5.78 Å². The molecule has 134 valence electrons. The van der Waals surface area contributed by atoms with Crippen LogP contribution in [0.25, 0.3) is 0 Å². The summed E-state index contributed by atoms with van der Waals surface area (Å²) in [4.78, 5) is 37.9. The fourth-order valence-electron chi connectivity index (χ4n) is 2.86. The number of nitrogens with zero attached hydrogens (tertiary/aromatic N) is 1. The topological polar surface area (TPSA) is 122 Å². The number of ether oxygens (including phenoxy) is 1. The molecular weight excluding hydrogens is 340 g/mol. The minimum atomic E-state index is -1.61. The first-order valence-electron chi connectivity index (χ1n) is 7.85. The van der Waals surface area contributed by atoms with Crippen LogP contribution in [0.5, 0.6) is 0 Å². The highest BCUT2D eigenvalue weighted by molar-refractivity contribution is 5.99. The molecule has 1 unspecified atom stereocenters. The summed E-state index contributed by atoms with van der Waals surface area (Å²) >= 11 is 0. The second-order valence-corrected chi connectivity index (χ2v) is 5.89. The number of aromatic amines is 1. The second-order valence-electron chi connectivity index (χ2n) is 5.89. The molecule has 0 saturated carbocycles. The first-order valence-corrected chi connectivity index (χ1v) is 7.85. The summed E-state index contributed by atoms with van der Waals surface area (Å²) in [7, 11) is 0. The van der Waals surface area contributed by atoms with Crippen molar-refractivity contribution in [1.29, 1.82) is 0 Å². The fraction of sp³-hybridized carbons (Fsp3) is 0.278. The van der Waals surface area contributed by atoms with Gasteiger partial charge in [-0.3, -0.25) is 19.1 Å². The maximum Gasteiger partial charge on any atom is 0.330 e. The average molecular weight is 356 g/mol. The average Bonchev–Trinajstić information content (AvgIpc) is 3.02. The quantitative estimate of drug-likeness (QED) is 0.497. The summed E-state index contributed by atoms with van der Waals surface area (Å²) in [6.45, 7) is 0. The van der Waals surface area contributed by atoms with E-state index >= 15 is 0 Å². The predicted molar refractivity (Wildman–Crippen MR) is 90.6 cm³/mol. The third-order valence-electron chi connectivity index (χ3n) is 4.21. The third kappa shape index (κ3) is 3.23. The van der Waals surface area contributed by atoms with E-state index in [9.17, 15) is 24.6 Å². The van der Waals surface area contributed by atoms with E-state index in [0.29, 0.717) is 0 Å². The summed E-state index contributed by atoms with van der Waals surface area (Å²) in [6, 6.07) is 8.10. The minimum absolute atomic E-state index is 0.0558. The second kappa shape index (κ2) is 7.09. The lowest BCUT2D eigenvalue weighted by molar-refractivity contribution is -0.0714. The van der Waals surface area contributed by atoms with E-state index in [-0.39, 0.29) is 17.5 Å². The van der Waals surface area contributed by atoms with Crippen molar-refractivity contribution in [3.63, 3.8) is 0 Å². The van der Waals surface area contributed by atoms with Crippen molar-refractivity contribution < 1.29 is 19.7 Å². The number of Topliss-reactive ketones (excluding diaryl/α,β-unsaturated/α-hetero) is 1. The molecule has 1 aliphatic heterocycles. The van der Waals surface area contributed by atoms with Gasteiger partial charge in [-0.15, -0.1) is 6.42 Å². The van der Waals surface area contributed by atoms with Gasteiger partial charge >= 0.3 is 5.69 Å². The van der Waals surface area contributed by atoms with Gasteiger partial charge in [-0.2, -0.15) is 0 Å². The van der Waals surface area contributed by atoms with Crippen molar-refractivity contribution in [3.05, 3.63) is 68.5 Å². The number of carbonyl (C=O) groups is 1. The van der Waals surface area contributed by atoms with Gasteiger partial charge < -0.3 is 14.9 Å². The number of nitrogens with one attached hydrogen (secondary N) is 1. The molecule has 0 radical (unpaired) electrons. The Hall–Kier alpha value is -2.99. The van der Waals surface area contributed by atoms with E-state index < -0.39 is 41.6 Å². The number of carbonyl (C=O) groups excluding carboxylic acids is 1. The van der Waals surface area contributed by atoms with Crippen LogP contribution in [0.4, 0.5) is 0 Å². The van der Waals surface area contributed by atoms with Crippen LogP contribution in [0, 0.1) is 12.3 Å². The van der Waals surface area contributed by atoms with E-state index in [1.54, 1.807) is 18.2 Å². The zero-order valence-electron chi connectivity index (χ0n) is 13.5. The highest BCUT2D eigenvalue weighted by Gasteiger charge is 2.42. The van der Waals surface area contributed by atoms with Crippen molar-refractivity contribution in [1.82, 2.24) is 9.55 Å². The molecule has 0 bridgehead atoms. The zero-order valence-corrected chi connectivity index (χ0v) is 13.5. The molecule has 0 amide bonds. The monoisotopic (exact) mass is 356 g/mol. The molecule has 4 atom stereocenters. The molecule has 1 fully saturated rings. The Morgan fingerprint density at radius 1 is 1.35 bits per heavy atom. The van der Waals surface area contributed by atoms with Crippen molar-refractivity contribution in [2.24, 2.45) is 0 Å². The van der Waals surface area contributed by atoms with Gasteiger partial charge in [0.25, 0.3) is 5.56 Å². The maximum absolute atomic E-state index is 12.3. The number of ketones is 1. The van der Waals surface area contributed by atoms with Crippen molar-refractivity contribution in [2.45, 2.75) is 31.0 Å². The Morgan fingerprint density at radius 3 is 2.69 bits per heavy atom. The van der Waals surface area contributed by atoms with E-state index in [0.717, 1.165) is 10.8 Å². The number of aromatic nitrogens is 2. The standard InChI is InChI=1S/C18H16N2O6/c1-2-10-9-20(18(25)19-17(10)24)13-8-12(21)16(26-13)15(23)14(22)11-6-4-3-5-7-11/h1,3-7,9,12-13,15-16,21,23H,8H2,(H,19,24,25)/t12-,13+,15?,16-/m0/s1. The molecule has 0 aliphatic carbocycles. The van der Waals surface area contributed by atoms with Gasteiger partial charge in [-0.1, -0.05) is 36.3 Å². The number of benzene rings is 1. The van der Waals surface area contributed by atoms with Crippen molar-refractivity contribution in [2.75, 3.05) is 0 Å². The summed E-state index contributed by atoms with van der Waals surface area (Å²) < 4.78 is 6.56. The van der Waals surface area contributed by atoms with E-state index in [1.807, 2.05) is 0 Å². The molecule has 1 saturated heterocycles. The lowest BCUT2D eigenvalue weighted by Crippen LogP contribution is -2.40. The Labute approximate surface area is 147 Å². The zero-order chi connectivity index (χ0) is 18.8. The van der Waals surface area contributed by atoms with Crippen LogP contribution in [0.15, 0.2) is 46.1 Å². The van der Waals surface area contributed by atoms with Gasteiger partial charge in [-0.25, -0.2) is 4.79 Å². The number of hydrogen-bond acceptors (Lipinski definition) is 6. The normalized spacial score (nSPS) is 23.3. The minimum Gasteiger partial charge on any atom is -0.390 e. The van der Waals surface area contributed by atoms with Crippen LogP contribution in [0.3, 0.4) is 0 Å². The van der Waals surface area contributed by atoms with E-state index in [1.165, 1.54) is 12.1 Å². The Morgan fingerprint density at radius 2 is 2.04 bits per heavy atom. The number of H-pyrrole nitrogens is 1. The van der Waals surface area contributed by atoms with Crippen LogP contribution in [-0.2, 0) is 4.74 Å². The van der Waals surface area contributed by atoms with Gasteiger partial charge in [0, 0.05) is 18.2 Å². The number of aliphatic hydroxyl groups excluding tert-OH is 2. The Bertz CT molecular complexity index is 972. The third-order valence-corrected chi connectivity index (χ3v) is 4.21. The molecular formula is C18H16N2O6. The lowest BCUT2D eigenvalue weighted by Gasteiger charge is -2.20. The smallest absolute Gasteiger partial charge is 0.330 e.